The van der Waals surface area contributed by atoms with E-state index in [2.05, 4.69) is 21.2 Å². The third-order valence-corrected chi connectivity index (χ3v) is 4.31. The van der Waals surface area contributed by atoms with Crippen LogP contribution in [-0.4, -0.2) is 12.5 Å². The predicted octanol–water partition coefficient (Wildman–Crippen LogP) is 2.58. The average Bonchev–Trinajstić information content (AvgIpc) is 2.33. The zero-order valence-corrected chi connectivity index (χ0v) is 12.0. The van der Waals surface area contributed by atoms with Gasteiger partial charge in [0, 0.05) is 17.4 Å². The van der Waals surface area contributed by atoms with E-state index in [4.69, 9.17) is 5.73 Å². The van der Waals surface area contributed by atoms with Crippen molar-refractivity contribution < 1.29 is 4.79 Å². The summed E-state index contributed by atoms with van der Waals surface area (Å²) < 4.78 is 1.05. The number of hydrogen-bond acceptors (Lipinski definition) is 2. The Labute approximate surface area is 116 Å². The van der Waals surface area contributed by atoms with Gasteiger partial charge in [-0.1, -0.05) is 34.5 Å². The zero-order valence-electron chi connectivity index (χ0n) is 10.4. The van der Waals surface area contributed by atoms with Crippen LogP contribution in [0.2, 0.25) is 0 Å². The molecule has 1 aliphatic rings. The molecule has 1 fully saturated rings. The molecular weight excluding hydrogens is 292 g/mol. The van der Waals surface area contributed by atoms with Gasteiger partial charge in [0.2, 0.25) is 5.91 Å². The van der Waals surface area contributed by atoms with Crippen molar-refractivity contribution in [1.29, 1.82) is 0 Å². The van der Waals surface area contributed by atoms with Crippen molar-refractivity contribution in [2.75, 3.05) is 6.54 Å². The second-order valence-corrected chi connectivity index (χ2v) is 6.05. The third kappa shape index (κ3) is 3.33. The lowest BCUT2D eigenvalue weighted by atomic mass is 9.66. The normalized spacial score (nSPS) is 17.0. The fourth-order valence-electron chi connectivity index (χ4n) is 2.34. The van der Waals surface area contributed by atoms with Gasteiger partial charge >= 0.3 is 0 Å². The summed E-state index contributed by atoms with van der Waals surface area (Å²) in [6.45, 7) is 1.21. The van der Waals surface area contributed by atoms with E-state index in [-0.39, 0.29) is 11.3 Å². The first kappa shape index (κ1) is 13.6. The molecule has 0 spiro atoms. The molecule has 0 bridgehead atoms. The number of carbonyl (C=O) groups excluding carboxylic acids is 1. The van der Waals surface area contributed by atoms with E-state index in [9.17, 15) is 4.79 Å². The molecule has 0 aromatic heterocycles. The van der Waals surface area contributed by atoms with Crippen molar-refractivity contribution in [3.05, 3.63) is 34.3 Å². The summed E-state index contributed by atoms with van der Waals surface area (Å²) in [6.07, 6.45) is 3.96. The monoisotopic (exact) mass is 310 g/mol. The van der Waals surface area contributed by atoms with E-state index < -0.39 is 0 Å². The summed E-state index contributed by atoms with van der Waals surface area (Å²) in [5.41, 5.74) is 6.96. The van der Waals surface area contributed by atoms with Crippen molar-refractivity contribution in [3.63, 3.8) is 0 Å². The van der Waals surface area contributed by atoms with Crippen molar-refractivity contribution in [2.24, 2.45) is 11.1 Å². The highest BCUT2D eigenvalue weighted by atomic mass is 79.9. The Morgan fingerprint density at radius 1 is 1.33 bits per heavy atom. The fourth-order valence-corrected chi connectivity index (χ4v) is 2.60. The maximum atomic E-state index is 11.9. The van der Waals surface area contributed by atoms with Crippen molar-refractivity contribution in [1.82, 2.24) is 5.32 Å². The van der Waals surface area contributed by atoms with Gasteiger partial charge in [0.05, 0.1) is 0 Å². The molecule has 4 heteroatoms. The van der Waals surface area contributed by atoms with E-state index in [1.807, 2.05) is 24.3 Å². The van der Waals surface area contributed by atoms with Crippen LogP contribution in [-0.2, 0) is 11.3 Å². The number of benzene rings is 1. The highest BCUT2D eigenvalue weighted by Gasteiger charge is 2.37. The number of nitrogens with one attached hydrogen (secondary N) is 1. The molecule has 0 radical (unpaired) electrons. The maximum absolute atomic E-state index is 11.9. The molecule has 0 saturated heterocycles. The summed E-state index contributed by atoms with van der Waals surface area (Å²) in [5, 5.41) is 2.97. The van der Waals surface area contributed by atoms with Crippen LogP contribution in [0.5, 0.6) is 0 Å². The molecule has 0 aliphatic heterocycles. The Morgan fingerprint density at radius 3 is 2.50 bits per heavy atom. The number of nitrogens with two attached hydrogens (primary N) is 1. The SMILES string of the molecule is NCC1(CC(=O)NCc2ccc(Br)cc2)CCC1. The van der Waals surface area contributed by atoms with Crippen LogP contribution in [0.4, 0.5) is 0 Å². The molecule has 1 aromatic rings. The van der Waals surface area contributed by atoms with E-state index in [0.717, 1.165) is 22.9 Å². The van der Waals surface area contributed by atoms with Gasteiger partial charge in [0.25, 0.3) is 0 Å². The summed E-state index contributed by atoms with van der Waals surface area (Å²) >= 11 is 3.39. The lowest BCUT2D eigenvalue weighted by Gasteiger charge is -2.40. The highest BCUT2D eigenvalue weighted by molar-refractivity contribution is 9.10. The van der Waals surface area contributed by atoms with Crippen LogP contribution in [0.3, 0.4) is 0 Å². The van der Waals surface area contributed by atoms with Gasteiger partial charge in [-0.3, -0.25) is 4.79 Å². The van der Waals surface area contributed by atoms with Crippen LogP contribution < -0.4 is 11.1 Å². The lowest BCUT2D eigenvalue weighted by Crippen LogP contribution is -2.41. The molecule has 1 aliphatic carbocycles. The van der Waals surface area contributed by atoms with Gasteiger partial charge in [-0.05, 0) is 42.5 Å². The Hall–Kier alpha value is -0.870. The fraction of sp³-hybridized carbons (Fsp3) is 0.500. The Morgan fingerprint density at radius 2 is 2.00 bits per heavy atom. The molecule has 2 rings (SSSR count). The van der Waals surface area contributed by atoms with Crippen molar-refractivity contribution >= 4 is 21.8 Å². The summed E-state index contributed by atoms with van der Waals surface area (Å²) in [4.78, 5) is 11.9. The molecule has 0 atom stereocenters. The van der Waals surface area contributed by atoms with Gasteiger partial charge in [0.15, 0.2) is 0 Å². The topological polar surface area (TPSA) is 55.1 Å². The van der Waals surface area contributed by atoms with Crippen LogP contribution in [0.25, 0.3) is 0 Å². The first-order chi connectivity index (χ1) is 8.63. The quantitative estimate of drug-likeness (QED) is 0.878. The average molecular weight is 311 g/mol. The van der Waals surface area contributed by atoms with Gasteiger partial charge < -0.3 is 11.1 Å². The third-order valence-electron chi connectivity index (χ3n) is 3.79. The second-order valence-electron chi connectivity index (χ2n) is 5.14. The van der Waals surface area contributed by atoms with Gasteiger partial charge in [0.1, 0.15) is 0 Å². The first-order valence-corrected chi connectivity index (χ1v) is 7.14. The molecule has 1 saturated carbocycles. The van der Waals surface area contributed by atoms with Crippen LogP contribution in [0.15, 0.2) is 28.7 Å². The summed E-state index contributed by atoms with van der Waals surface area (Å²) in [5.74, 6) is 0.114. The van der Waals surface area contributed by atoms with Crippen molar-refractivity contribution in [3.8, 4) is 0 Å². The van der Waals surface area contributed by atoms with Gasteiger partial charge in [-0.2, -0.15) is 0 Å². The minimum Gasteiger partial charge on any atom is -0.352 e. The summed E-state index contributed by atoms with van der Waals surface area (Å²) in [7, 11) is 0. The number of carbonyl (C=O) groups is 1. The Bertz CT molecular complexity index is 407. The van der Waals surface area contributed by atoms with Crippen LogP contribution in [0, 0.1) is 5.41 Å². The molecule has 1 aromatic carbocycles. The second kappa shape index (κ2) is 5.85. The molecule has 3 nitrogen and oxygen atoms in total. The number of hydrogen-bond donors (Lipinski definition) is 2. The Balaban J connectivity index is 1.79. The lowest BCUT2D eigenvalue weighted by molar-refractivity contribution is -0.124. The molecule has 18 heavy (non-hydrogen) atoms. The van der Waals surface area contributed by atoms with E-state index >= 15 is 0 Å². The number of amides is 1. The minimum atomic E-state index is 0.0871. The molecule has 0 heterocycles. The first-order valence-electron chi connectivity index (χ1n) is 6.35. The standard InChI is InChI=1S/C14H19BrN2O/c15-12-4-2-11(3-5-12)9-17-13(18)8-14(10-16)6-1-7-14/h2-5H,1,6-10,16H2,(H,17,18). The van der Waals surface area contributed by atoms with Crippen LogP contribution in [0.1, 0.15) is 31.2 Å². The predicted molar refractivity (Wildman–Crippen MR) is 75.9 cm³/mol. The van der Waals surface area contributed by atoms with E-state index in [1.165, 1.54) is 6.42 Å². The van der Waals surface area contributed by atoms with Gasteiger partial charge in [-0.15, -0.1) is 0 Å². The number of halogens is 1. The van der Waals surface area contributed by atoms with Crippen molar-refractivity contribution in [2.45, 2.75) is 32.2 Å². The maximum Gasteiger partial charge on any atom is 0.220 e. The van der Waals surface area contributed by atoms with E-state index in [1.54, 1.807) is 0 Å². The molecule has 1 amide bonds. The Kier molecular flexibility index (Phi) is 4.40. The number of rotatable bonds is 5. The minimum absolute atomic E-state index is 0.0871. The van der Waals surface area contributed by atoms with Crippen LogP contribution >= 0.6 is 15.9 Å². The summed E-state index contributed by atoms with van der Waals surface area (Å²) in [6, 6.07) is 7.97. The highest BCUT2D eigenvalue weighted by Crippen LogP contribution is 2.42. The van der Waals surface area contributed by atoms with Gasteiger partial charge in [-0.25, -0.2) is 0 Å². The molecular formula is C14H19BrN2O. The smallest absolute Gasteiger partial charge is 0.220 e. The zero-order chi connectivity index (χ0) is 13.0. The molecule has 98 valence electrons. The largest absolute Gasteiger partial charge is 0.352 e. The van der Waals surface area contributed by atoms with E-state index in [0.29, 0.717) is 19.5 Å². The molecule has 0 unspecified atom stereocenters. The molecule has 3 N–H and O–H groups in total.